The lowest BCUT2D eigenvalue weighted by Crippen LogP contribution is -2.45. The van der Waals surface area contributed by atoms with E-state index < -0.39 is 0 Å². The molecule has 2 saturated heterocycles. The molecule has 2 aliphatic rings. The predicted octanol–water partition coefficient (Wildman–Crippen LogP) is 2.22. The summed E-state index contributed by atoms with van der Waals surface area (Å²) in [5.41, 5.74) is 1.64. The Bertz CT molecular complexity index is 892. The summed E-state index contributed by atoms with van der Waals surface area (Å²) in [6.45, 7) is 3.54. The number of anilines is 1. The molecule has 2 amide bonds. The van der Waals surface area contributed by atoms with Gasteiger partial charge in [0.1, 0.15) is 11.9 Å². The van der Waals surface area contributed by atoms with E-state index in [1.165, 1.54) is 0 Å². The van der Waals surface area contributed by atoms with E-state index in [-0.39, 0.29) is 30.3 Å². The van der Waals surface area contributed by atoms with E-state index in [1.807, 2.05) is 48.2 Å². The van der Waals surface area contributed by atoms with Crippen LogP contribution in [-0.2, 0) is 9.59 Å². The summed E-state index contributed by atoms with van der Waals surface area (Å²) in [7, 11) is 1.60. The number of aryl methyl sites for hydroxylation is 1. The fourth-order valence-electron chi connectivity index (χ4n) is 3.96. The highest BCUT2D eigenvalue weighted by atomic mass is 16.5. The second kappa shape index (κ2) is 8.69. The molecule has 0 aliphatic carbocycles. The third-order valence-corrected chi connectivity index (χ3v) is 5.67. The highest BCUT2D eigenvalue weighted by molar-refractivity contribution is 6.00. The Morgan fingerprint density at radius 3 is 2.43 bits per heavy atom. The Hall–Kier alpha value is -3.16. The number of ether oxygens (including phenoxy) is 2. The van der Waals surface area contributed by atoms with Crippen LogP contribution < -0.4 is 14.4 Å². The van der Waals surface area contributed by atoms with Gasteiger partial charge in [-0.25, -0.2) is 0 Å². The smallest absolute Gasteiger partial charge is 0.233 e. The topological polar surface area (TPSA) is 84.9 Å². The lowest BCUT2D eigenvalue weighted by atomic mass is 10.0. The van der Waals surface area contributed by atoms with Crippen LogP contribution >= 0.6 is 0 Å². The van der Waals surface area contributed by atoms with Crippen LogP contribution in [0.15, 0.2) is 36.4 Å². The van der Waals surface area contributed by atoms with Crippen LogP contribution in [0, 0.1) is 12.8 Å². The van der Waals surface area contributed by atoms with Crippen molar-refractivity contribution in [2.75, 3.05) is 31.6 Å². The fraction of sp³-hybridized carbons (Fsp3) is 0.455. The van der Waals surface area contributed by atoms with Crippen LogP contribution in [-0.4, -0.2) is 59.8 Å². The first kappa shape index (κ1) is 20.1. The summed E-state index contributed by atoms with van der Waals surface area (Å²) in [4.78, 5) is 29.0. The minimum Gasteiger partial charge on any atom is -0.497 e. The lowest BCUT2D eigenvalue weighted by molar-refractivity contribution is -0.137. The van der Waals surface area contributed by atoms with Crippen molar-refractivity contribution in [2.24, 2.45) is 5.92 Å². The van der Waals surface area contributed by atoms with Gasteiger partial charge in [0.05, 0.1) is 18.7 Å². The van der Waals surface area contributed by atoms with Crippen molar-refractivity contribution in [3.8, 4) is 11.6 Å². The van der Waals surface area contributed by atoms with E-state index in [9.17, 15) is 9.59 Å². The maximum atomic E-state index is 13.0. The summed E-state index contributed by atoms with van der Waals surface area (Å²) in [5, 5.41) is 8.05. The maximum Gasteiger partial charge on any atom is 0.233 e. The average Bonchev–Trinajstić information content (AvgIpc) is 3.17. The summed E-state index contributed by atoms with van der Waals surface area (Å²) in [5.74, 6) is 0.976. The summed E-state index contributed by atoms with van der Waals surface area (Å²) < 4.78 is 11.1. The van der Waals surface area contributed by atoms with E-state index in [0.717, 1.165) is 30.0 Å². The zero-order valence-electron chi connectivity index (χ0n) is 17.3. The Kier molecular flexibility index (Phi) is 5.83. The van der Waals surface area contributed by atoms with Gasteiger partial charge < -0.3 is 19.3 Å². The summed E-state index contributed by atoms with van der Waals surface area (Å²) >= 11 is 0. The first-order valence-corrected chi connectivity index (χ1v) is 10.2. The number of aromatic nitrogens is 2. The highest BCUT2D eigenvalue weighted by Gasteiger charge is 2.38. The summed E-state index contributed by atoms with van der Waals surface area (Å²) in [6, 6.07) is 11.0. The van der Waals surface area contributed by atoms with Gasteiger partial charge in [-0.3, -0.25) is 9.59 Å². The first-order valence-electron chi connectivity index (χ1n) is 10.2. The molecular formula is C22H26N4O4. The number of methoxy groups -OCH3 is 1. The molecule has 8 heteroatoms. The number of hydrogen-bond acceptors (Lipinski definition) is 6. The molecule has 0 N–H and O–H groups in total. The molecule has 1 aromatic carbocycles. The second-order valence-corrected chi connectivity index (χ2v) is 7.76. The SMILES string of the molecule is COc1ccc(N2CC(C(=O)N3CCC(Oc4ccc(C)nn4)CC3)CC2=O)cc1. The molecule has 3 heterocycles. The van der Waals surface area contributed by atoms with Crippen molar-refractivity contribution in [2.45, 2.75) is 32.3 Å². The van der Waals surface area contributed by atoms with Gasteiger partial charge in [-0.1, -0.05) is 0 Å². The minimum atomic E-state index is -0.306. The van der Waals surface area contributed by atoms with Gasteiger partial charge >= 0.3 is 0 Å². The van der Waals surface area contributed by atoms with Gasteiger partial charge in [0.25, 0.3) is 0 Å². The average molecular weight is 410 g/mol. The molecule has 2 aromatic rings. The van der Waals surface area contributed by atoms with Crippen molar-refractivity contribution in [1.82, 2.24) is 15.1 Å². The van der Waals surface area contributed by atoms with Crippen LogP contribution in [0.2, 0.25) is 0 Å². The number of amides is 2. The second-order valence-electron chi connectivity index (χ2n) is 7.76. The van der Waals surface area contributed by atoms with Crippen molar-refractivity contribution in [3.63, 3.8) is 0 Å². The van der Waals surface area contributed by atoms with Crippen molar-refractivity contribution >= 4 is 17.5 Å². The van der Waals surface area contributed by atoms with E-state index in [4.69, 9.17) is 9.47 Å². The Balaban J connectivity index is 1.30. The number of carbonyl (C=O) groups is 2. The fourth-order valence-corrected chi connectivity index (χ4v) is 3.96. The number of likely N-dealkylation sites (tertiary alicyclic amines) is 1. The molecule has 0 radical (unpaired) electrons. The molecule has 158 valence electrons. The van der Waals surface area contributed by atoms with Gasteiger partial charge in [-0.2, -0.15) is 5.10 Å². The van der Waals surface area contributed by atoms with E-state index in [0.29, 0.717) is 25.5 Å². The third-order valence-electron chi connectivity index (χ3n) is 5.67. The number of benzene rings is 1. The van der Waals surface area contributed by atoms with Crippen molar-refractivity contribution in [3.05, 3.63) is 42.1 Å². The summed E-state index contributed by atoms with van der Waals surface area (Å²) in [6.07, 6.45) is 1.75. The third kappa shape index (κ3) is 4.37. The molecule has 1 aromatic heterocycles. The van der Waals surface area contributed by atoms with Crippen LogP contribution in [0.1, 0.15) is 25.0 Å². The maximum absolute atomic E-state index is 13.0. The zero-order chi connectivity index (χ0) is 21.1. The number of nitrogens with zero attached hydrogens (tertiary/aromatic N) is 4. The van der Waals surface area contributed by atoms with E-state index >= 15 is 0 Å². The highest BCUT2D eigenvalue weighted by Crippen LogP contribution is 2.29. The zero-order valence-corrected chi connectivity index (χ0v) is 17.3. The molecule has 30 heavy (non-hydrogen) atoms. The molecule has 8 nitrogen and oxygen atoms in total. The standard InChI is InChI=1S/C22H26N4O4/c1-15-3-8-20(24-23-15)30-19-9-11-25(12-10-19)22(28)16-13-21(27)26(14-16)17-4-6-18(29-2)7-5-17/h3-8,16,19H,9-14H2,1-2H3. The largest absolute Gasteiger partial charge is 0.497 e. The monoisotopic (exact) mass is 410 g/mol. The van der Waals surface area contributed by atoms with Gasteiger partial charge in [-0.05, 0) is 37.3 Å². The first-order chi connectivity index (χ1) is 14.5. The number of piperidine rings is 1. The Morgan fingerprint density at radius 2 is 1.80 bits per heavy atom. The molecule has 1 unspecified atom stereocenters. The number of hydrogen-bond donors (Lipinski definition) is 0. The molecule has 0 saturated carbocycles. The molecule has 2 fully saturated rings. The molecule has 4 rings (SSSR count). The Labute approximate surface area is 175 Å². The number of carbonyl (C=O) groups excluding carboxylic acids is 2. The van der Waals surface area contributed by atoms with Crippen LogP contribution in [0.3, 0.4) is 0 Å². The van der Waals surface area contributed by atoms with Gasteiger partial charge in [0.2, 0.25) is 17.7 Å². The van der Waals surface area contributed by atoms with Crippen molar-refractivity contribution < 1.29 is 19.1 Å². The van der Waals surface area contributed by atoms with Crippen molar-refractivity contribution in [1.29, 1.82) is 0 Å². The predicted molar refractivity (Wildman–Crippen MR) is 110 cm³/mol. The van der Waals surface area contributed by atoms with Gasteiger partial charge in [0, 0.05) is 50.7 Å². The molecule has 1 atom stereocenters. The van der Waals surface area contributed by atoms with Gasteiger partial charge in [0.15, 0.2) is 0 Å². The van der Waals surface area contributed by atoms with Crippen LogP contribution in [0.4, 0.5) is 5.69 Å². The quantitative estimate of drug-likeness (QED) is 0.751. The molecule has 0 spiro atoms. The number of rotatable bonds is 5. The normalized spacial score (nSPS) is 19.8. The van der Waals surface area contributed by atoms with Crippen LogP contribution in [0.25, 0.3) is 0 Å². The molecule has 0 bridgehead atoms. The lowest BCUT2D eigenvalue weighted by Gasteiger charge is -2.33. The minimum absolute atomic E-state index is 0.0188. The van der Waals surface area contributed by atoms with Crippen LogP contribution in [0.5, 0.6) is 11.6 Å². The van der Waals surface area contributed by atoms with E-state index in [1.54, 1.807) is 12.0 Å². The molecule has 2 aliphatic heterocycles. The van der Waals surface area contributed by atoms with Gasteiger partial charge in [-0.15, -0.1) is 5.10 Å². The van der Waals surface area contributed by atoms with E-state index in [2.05, 4.69) is 10.2 Å². The molecular weight excluding hydrogens is 384 g/mol. The Morgan fingerprint density at radius 1 is 1.07 bits per heavy atom.